The fourth-order valence-corrected chi connectivity index (χ4v) is 3.38. The van der Waals surface area contributed by atoms with Crippen LogP contribution in [-0.4, -0.2) is 5.97 Å². The van der Waals surface area contributed by atoms with Gasteiger partial charge in [-0.05, 0) is 42.0 Å². The van der Waals surface area contributed by atoms with Crippen LogP contribution in [0.4, 0.5) is 0 Å². The van der Waals surface area contributed by atoms with E-state index < -0.39 is 0 Å². The second kappa shape index (κ2) is 5.60. The molecule has 0 saturated heterocycles. The number of ether oxygens (including phenoxy) is 1. The lowest BCUT2D eigenvalue weighted by molar-refractivity contribution is -0.135. The number of hydrogen-bond donors (Lipinski definition) is 0. The lowest BCUT2D eigenvalue weighted by atomic mass is 9.80. The third-order valence-corrected chi connectivity index (χ3v) is 4.57. The van der Waals surface area contributed by atoms with E-state index in [-0.39, 0.29) is 11.9 Å². The summed E-state index contributed by atoms with van der Waals surface area (Å²) in [5.41, 5.74) is 5.94. The Morgan fingerprint density at radius 1 is 1.05 bits per heavy atom. The molecule has 1 aliphatic rings. The van der Waals surface area contributed by atoms with Crippen LogP contribution in [0.25, 0.3) is 0 Å². The molecule has 2 aromatic rings. The normalized spacial score (nSPS) is 17.3. The quantitative estimate of drug-likeness (QED) is 0.583. The van der Waals surface area contributed by atoms with Gasteiger partial charge in [0.2, 0.25) is 0 Å². The highest BCUT2D eigenvalue weighted by Crippen LogP contribution is 2.45. The van der Waals surface area contributed by atoms with E-state index >= 15 is 0 Å². The van der Waals surface area contributed by atoms with Gasteiger partial charge in [0.1, 0.15) is 5.75 Å². The highest BCUT2D eigenvalue weighted by Gasteiger charge is 2.32. The number of fused-ring (bicyclic) bond motifs is 1. The van der Waals surface area contributed by atoms with E-state index in [0.29, 0.717) is 12.3 Å². The largest absolute Gasteiger partial charge is 0.426 e. The standard InChI is InChI=1S/C20H22O2/c1-12(2)15-10-9-14(4)19-17(11-18(21)22-20(15)19)16-8-6-5-7-13(16)3/h5-10,12,17H,11H2,1-4H3/t17-/m0/s1. The van der Waals surface area contributed by atoms with Gasteiger partial charge in [-0.2, -0.15) is 0 Å². The molecule has 1 aliphatic heterocycles. The number of esters is 1. The zero-order valence-electron chi connectivity index (χ0n) is 13.6. The highest BCUT2D eigenvalue weighted by molar-refractivity contribution is 5.79. The van der Waals surface area contributed by atoms with E-state index in [4.69, 9.17) is 4.74 Å². The molecule has 2 aromatic carbocycles. The minimum absolute atomic E-state index is 0.0937. The maximum Gasteiger partial charge on any atom is 0.312 e. The second-order valence-corrected chi connectivity index (χ2v) is 6.46. The molecule has 0 N–H and O–H groups in total. The molecule has 0 unspecified atom stereocenters. The first-order chi connectivity index (χ1) is 10.5. The molecule has 0 radical (unpaired) electrons. The van der Waals surface area contributed by atoms with E-state index in [1.165, 1.54) is 22.3 Å². The zero-order chi connectivity index (χ0) is 15.9. The lowest BCUT2D eigenvalue weighted by Gasteiger charge is -2.30. The predicted molar refractivity (Wildman–Crippen MR) is 88.5 cm³/mol. The summed E-state index contributed by atoms with van der Waals surface area (Å²) in [4.78, 5) is 12.2. The molecule has 2 nitrogen and oxygen atoms in total. The van der Waals surface area contributed by atoms with Gasteiger partial charge < -0.3 is 4.74 Å². The molecule has 0 spiro atoms. The number of aryl methyl sites for hydroxylation is 2. The van der Waals surface area contributed by atoms with Gasteiger partial charge in [0.15, 0.2) is 0 Å². The summed E-state index contributed by atoms with van der Waals surface area (Å²) in [5, 5.41) is 0. The summed E-state index contributed by atoms with van der Waals surface area (Å²) >= 11 is 0. The number of carbonyl (C=O) groups is 1. The smallest absolute Gasteiger partial charge is 0.312 e. The Morgan fingerprint density at radius 3 is 2.45 bits per heavy atom. The molecule has 1 heterocycles. The molecule has 3 rings (SSSR count). The van der Waals surface area contributed by atoms with Crippen LogP contribution in [0.5, 0.6) is 5.75 Å². The van der Waals surface area contributed by atoms with Crippen molar-refractivity contribution in [3.63, 3.8) is 0 Å². The first-order valence-corrected chi connectivity index (χ1v) is 7.88. The average molecular weight is 294 g/mol. The van der Waals surface area contributed by atoms with Crippen molar-refractivity contribution < 1.29 is 9.53 Å². The average Bonchev–Trinajstić information content (AvgIpc) is 2.46. The Hall–Kier alpha value is -2.09. The molecule has 1 atom stereocenters. The van der Waals surface area contributed by atoms with E-state index in [2.05, 4.69) is 52.0 Å². The monoisotopic (exact) mass is 294 g/mol. The summed E-state index contributed by atoms with van der Waals surface area (Å²) in [6, 6.07) is 12.6. The molecule has 0 aliphatic carbocycles. The van der Waals surface area contributed by atoms with Crippen molar-refractivity contribution in [2.24, 2.45) is 0 Å². The van der Waals surface area contributed by atoms with Gasteiger partial charge in [0.05, 0.1) is 6.42 Å². The number of rotatable bonds is 2. The Morgan fingerprint density at radius 2 is 1.77 bits per heavy atom. The van der Waals surface area contributed by atoms with Crippen LogP contribution < -0.4 is 4.74 Å². The van der Waals surface area contributed by atoms with E-state index in [1.54, 1.807) is 0 Å². The van der Waals surface area contributed by atoms with Crippen LogP contribution in [0.3, 0.4) is 0 Å². The van der Waals surface area contributed by atoms with Crippen LogP contribution in [0.15, 0.2) is 36.4 Å². The van der Waals surface area contributed by atoms with Gasteiger partial charge in [0, 0.05) is 11.5 Å². The summed E-state index contributed by atoms with van der Waals surface area (Å²) in [6.07, 6.45) is 0.417. The molecular formula is C20H22O2. The third kappa shape index (κ3) is 2.43. The van der Waals surface area contributed by atoms with Crippen molar-refractivity contribution in [3.05, 3.63) is 64.2 Å². The highest BCUT2D eigenvalue weighted by atomic mass is 16.5. The third-order valence-electron chi connectivity index (χ3n) is 4.57. The summed E-state index contributed by atoms with van der Waals surface area (Å²) < 4.78 is 5.66. The van der Waals surface area contributed by atoms with Crippen molar-refractivity contribution in [2.45, 2.75) is 46.0 Å². The predicted octanol–water partition coefficient (Wildman–Crippen LogP) is 4.87. The fourth-order valence-electron chi connectivity index (χ4n) is 3.38. The van der Waals surface area contributed by atoms with Crippen molar-refractivity contribution in [1.29, 1.82) is 0 Å². The van der Waals surface area contributed by atoms with Gasteiger partial charge in [-0.3, -0.25) is 4.79 Å². The summed E-state index contributed by atoms with van der Waals surface area (Å²) in [7, 11) is 0. The molecule has 0 amide bonds. The maximum absolute atomic E-state index is 12.2. The van der Waals surface area contributed by atoms with E-state index in [1.807, 2.05) is 12.1 Å². The van der Waals surface area contributed by atoms with Crippen LogP contribution in [0.2, 0.25) is 0 Å². The van der Waals surface area contributed by atoms with Crippen LogP contribution in [0, 0.1) is 13.8 Å². The van der Waals surface area contributed by atoms with Gasteiger partial charge in [-0.25, -0.2) is 0 Å². The molecule has 114 valence electrons. The van der Waals surface area contributed by atoms with Crippen LogP contribution in [-0.2, 0) is 4.79 Å². The van der Waals surface area contributed by atoms with Gasteiger partial charge in [-0.15, -0.1) is 0 Å². The Kier molecular flexibility index (Phi) is 3.78. The second-order valence-electron chi connectivity index (χ2n) is 6.46. The van der Waals surface area contributed by atoms with Crippen LogP contribution >= 0.6 is 0 Å². The fraction of sp³-hybridized carbons (Fsp3) is 0.350. The minimum atomic E-state index is -0.131. The van der Waals surface area contributed by atoms with Crippen molar-refractivity contribution >= 4 is 5.97 Å². The number of carbonyl (C=O) groups excluding carboxylic acids is 1. The molecule has 2 heteroatoms. The number of benzene rings is 2. The molecule has 0 fully saturated rings. The number of hydrogen-bond acceptors (Lipinski definition) is 2. The van der Waals surface area contributed by atoms with E-state index in [0.717, 1.165) is 11.3 Å². The Bertz CT molecular complexity index is 728. The topological polar surface area (TPSA) is 26.3 Å². The van der Waals surface area contributed by atoms with Crippen LogP contribution in [0.1, 0.15) is 59.9 Å². The molecule has 0 aromatic heterocycles. The lowest BCUT2D eigenvalue weighted by Crippen LogP contribution is -2.23. The first-order valence-electron chi connectivity index (χ1n) is 7.88. The molecule has 22 heavy (non-hydrogen) atoms. The van der Waals surface area contributed by atoms with Crippen molar-refractivity contribution in [1.82, 2.24) is 0 Å². The van der Waals surface area contributed by atoms with Crippen molar-refractivity contribution in [3.8, 4) is 5.75 Å². The molecule has 0 bridgehead atoms. The Labute approximate surface area is 132 Å². The van der Waals surface area contributed by atoms with Gasteiger partial charge in [0.25, 0.3) is 0 Å². The SMILES string of the molecule is Cc1ccccc1[C@@H]1CC(=O)Oc2c(C(C)C)ccc(C)c21. The summed E-state index contributed by atoms with van der Waals surface area (Å²) in [6.45, 7) is 8.48. The zero-order valence-corrected chi connectivity index (χ0v) is 13.6. The van der Waals surface area contributed by atoms with E-state index in [9.17, 15) is 4.79 Å². The molecule has 0 saturated carbocycles. The van der Waals surface area contributed by atoms with Gasteiger partial charge in [-0.1, -0.05) is 50.2 Å². The van der Waals surface area contributed by atoms with Gasteiger partial charge >= 0.3 is 5.97 Å². The van der Waals surface area contributed by atoms with Crippen molar-refractivity contribution in [2.75, 3.05) is 0 Å². The maximum atomic E-state index is 12.2. The first kappa shape index (κ1) is 14.8. The minimum Gasteiger partial charge on any atom is -0.426 e. The Balaban J connectivity index is 2.24. The molecular weight excluding hydrogens is 272 g/mol. The summed E-state index contributed by atoms with van der Waals surface area (Å²) in [5.74, 6) is 1.08.